The number of carbonyl (C=O) groups excluding carboxylic acids is 1. The zero-order chi connectivity index (χ0) is 14.1. The second kappa shape index (κ2) is 5.47. The molecule has 0 spiro atoms. The van der Waals surface area contributed by atoms with E-state index in [9.17, 15) is 4.79 Å². The summed E-state index contributed by atoms with van der Waals surface area (Å²) in [6.45, 7) is 0. The Morgan fingerprint density at radius 3 is 2.50 bits per heavy atom. The van der Waals surface area contributed by atoms with Gasteiger partial charge in [0.2, 0.25) is 0 Å². The Bertz CT molecular complexity index is 719. The Morgan fingerprint density at radius 2 is 1.85 bits per heavy atom. The molecular formula is C14H9BrN2OS2. The fourth-order valence-electron chi connectivity index (χ4n) is 1.82. The highest BCUT2D eigenvalue weighted by Gasteiger charge is 2.20. The minimum Gasteiger partial charge on any atom is -0.328 e. The average Bonchev–Trinajstić information content (AvgIpc) is 2.98. The molecule has 1 amide bonds. The van der Waals surface area contributed by atoms with Crippen molar-refractivity contribution in [1.29, 1.82) is 0 Å². The highest BCUT2D eigenvalue weighted by molar-refractivity contribution is 9.10. The van der Waals surface area contributed by atoms with Crippen molar-refractivity contribution in [2.24, 2.45) is 0 Å². The van der Waals surface area contributed by atoms with Crippen LogP contribution in [0.2, 0.25) is 0 Å². The highest BCUT2D eigenvalue weighted by Crippen LogP contribution is 2.30. The molecule has 0 bridgehead atoms. The minimum absolute atomic E-state index is 0.186. The van der Waals surface area contributed by atoms with Crippen LogP contribution in [0.1, 0.15) is 4.88 Å². The third kappa shape index (κ3) is 2.82. The molecule has 2 aromatic rings. The number of hydrogen-bond acceptors (Lipinski definition) is 3. The molecule has 0 atom stereocenters. The summed E-state index contributed by atoms with van der Waals surface area (Å²) < 4.78 is 1.06. The molecule has 1 aliphatic heterocycles. The Balaban J connectivity index is 1.87. The Labute approximate surface area is 133 Å². The van der Waals surface area contributed by atoms with Crippen molar-refractivity contribution in [3.05, 3.63) is 51.4 Å². The predicted octanol–water partition coefficient (Wildman–Crippen LogP) is 3.52. The van der Waals surface area contributed by atoms with Crippen LogP contribution in [0.3, 0.4) is 0 Å². The van der Waals surface area contributed by atoms with Crippen LogP contribution in [0.25, 0.3) is 16.5 Å². The molecule has 0 unspecified atom stereocenters. The summed E-state index contributed by atoms with van der Waals surface area (Å²) in [7, 11) is 0. The topological polar surface area (TPSA) is 41.1 Å². The van der Waals surface area contributed by atoms with Crippen LogP contribution in [-0.2, 0) is 4.79 Å². The molecule has 100 valence electrons. The number of halogens is 1. The van der Waals surface area contributed by atoms with Crippen molar-refractivity contribution in [3.63, 3.8) is 0 Å². The number of thiocarbonyl (C=S) groups is 1. The number of rotatable bonds is 2. The summed E-state index contributed by atoms with van der Waals surface area (Å²) in [6, 6.07) is 12.2. The van der Waals surface area contributed by atoms with E-state index in [2.05, 4.69) is 38.7 Å². The van der Waals surface area contributed by atoms with Crippen LogP contribution in [0.15, 0.2) is 46.6 Å². The molecule has 3 rings (SSSR count). The molecule has 0 aliphatic carbocycles. The third-order valence-corrected chi connectivity index (χ3v) is 4.58. The lowest BCUT2D eigenvalue weighted by Crippen LogP contribution is -2.21. The zero-order valence-corrected chi connectivity index (χ0v) is 13.4. The van der Waals surface area contributed by atoms with Gasteiger partial charge in [-0.15, -0.1) is 11.3 Å². The first kappa shape index (κ1) is 13.5. The summed E-state index contributed by atoms with van der Waals surface area (Å²) in [5, 5.41) is 5.74. The second-order valence-electron chi connectivity index (χ2n) is 4.18. The van der Waals surface area contributed by atoms with Gasteiger partial charge < -0.3 is 5.32 Å². The van der Waals surface area contributed by atoms with Crippen molar-refractivity contribution in [3.8, 4) is 10.4 Å². The number of nitrogens with one attached hydrogen (secondary N) is 2. The van der Waals surface area contributed by atoms with Gasteiger partial charge >= 0.3 is 0 Å². The minimum atomic E-state index is -0.186. The van der Waals surface area contributed by atoms with E-state index in [1.807, 2.05) is 30.3 Å². The molecule has 0 radical (unpaired) electrons. The first-order chi connectivity index (χ1) is 9.61. The predicted molar refractivity (Wildman–Crippen MR) is 89.3 cm³/mol. The van der Waals surface area contributed by atoms with Gasteiger partial charge in [-0.3, -0.25) is 10.1 Å². The Kier molecular flexibility index (Phi) is 3.69. The lowest BCUT2D eigenvalue weighted by Gasteiger charge is -1.96. The van der Waals surface area contributed by atoms with E-state index in [4.69, 9.17) is 12.2 Å². The van der Waals surface area contributed by atoms with Gasteiger partial charge in [0.1, 0.15) is 5.70 Å². The fourth-order valence-corrected chi connectivity index (χ4v) is 3.25. The molecular weight excluding hydrogens is 356 g/mol. The summed E-state index contributed by atoms with van der Waals surface area (Å²) in [5.41, 5.74) is 1.64. The van der Waals surface area contributed by atoms with Crippen molar-refractivity contribution >= 4 is 56.6 Å². The molecule has 1 aromatic carbocycles. The molecule has 3 nitrogen and oxygen atoms in total. The summed E-state index contributed by atoms with van der Waals surface area (Å²) in [6.07, 6.45) is 1.81. The maximum absolute atomic E-state index is 11.6. The molecule has 1 aromatic heterocycles. The normalized spacial score (nSPS) is 16.4. The van der Waals surface area contributed by atoms with E-state index in [-0.39, 0.29) is 5.91 Å². The Morgan fingerprint density at radius 1 is 1.10 bits per heavy atom. The van der Waals surface area contributed by atoms with E-state index >= 15 is 0 Å². The number of thiophene rings is 1. The SMILES string of the molecule is O=C1NC(=S)N/C1=C/c1ccc(-c2ccc(Br)cc2)s1. The number of benzene rings is 1. The molecule has 6 heteroatoms. The second-order valence-corrected chi connectivity index (χ2v) is 6.61. The summed E-state index contributed by atoms with van der Waals surface area (Å²) in [4.78, 5) is 13.7. The van der Waals surface area contributed by atoms with Crippen molar-refractivity contribution in [1.82, 2.24) is 10.6 Å². The van der Waals surface area contributed by atoms with E-state index in [0.29, 0.717) is 10.8 Å². The summed E-state index contributed by atoms with van der Waals surface area (Å²) in [5.74, 6) is -0.186. The standard InChI is InChI=1S/C14H9BrN2OS2/c15-9-3-1-8(2-4-9)12-6-5-10(20-12)7-11-13(18)17-14(19)16-11/h1-7H,(H2,16,17,18,19)/b11-7+. The fraction of sp³-hybridized carbons (Fsp3) is 0. The van der Waals surface area contributed by atoms with Gasteiger partial charge in [0.25, 0.3) is 5.91 Å². The van der Waals surface area contributed by atoms with E-state index in [1.165, 1.54) is 0 Å². The molecule has 1 saturated heterocycles. The van der Waals surface area contributed by atoms with Crippen LogP contribution >= 0.6 is 39.5 Å². The van der Waals surface area contributed by atoms with Gasteiger partial charge in [-0.25, -0.2) is 0 Å². The summed E-state index contributed by atoms with van der Waals surface area (Å²) >= 11 is 9.95. The van der Waals surface area contributed by atoms with Crippen LogP contribution in [0.5, 0.6) is 0 Å². The molecule has 2 N–H and O–H groups in total. The molecule has 1 fully saturated rings. The van der Waals surface area contributed by atoms with Gasteiger partial charge in [-0.05, 0) is 48.1 Å². The first-order valence-electron chi connectivity index (χ1n) is 5.81. The van der Waals surface area contributed by atoms with E-state index in [1.54, 1.807) is 11.3 Å². The van der Waals surface area contributed by atoms with Crippen LogP contribution < -0.4 is 10.6 Å². The molecule has 20 heavy (non-hydrogen) atoms. The van der Waals surface area contributed by atoms with Gasteiger partial charge in [-0.2, -0.15) is 0 Å². The van der Waals surface area contributed by atoms with Gasteiger partial charge in [-0.1, -0.05) is 28.1 Å². The number of amides is 1. The lowest BCUT2D eigenvalue weighted by atomic mass is 10.2. The maximum Gasteiger partial charge on any atom is 0.273 e. The maximum atomic E-state index is 11.6. The largest absolute Gasteiger partial charge is 0.328 e. The molecule has 1 aliphatic rings. The van der Waals surface area contributed by atoms with Crippen LogP contribution in [0.4, 0.5) is 0 Å². The molecule has 2 heterocycles. The number of carbonyl (C=O) groups is 1. The van der Waals surface area contributed by atoms with Gasteiger partial charge in [0.05, 0.1) is 0 Å². The average molecular weight is 365 g/mol. The highest BCUT2D eigenvalue weighted by atomic mass is 79.9. The van der Waals surface area contributed by atoms with Crippen molar-refractivity contribution in [2.45, 2.75) is 0 Å². The van der Waals surface area contributed by atoms with Gasteiger partial charge in [0.15, 0.2) is 5.11 Å². The quantitative estimate of drug-likeness (QED) is 0.632. The monoisotopic (exact) mass is 364 g/mol. The number of hydrogen-bond donors (Lipinski definition) is 2. The van der Waals surface area contributed by atoms with E-state index < -0.39 is 0 Å². The van der Waals surface area contributed by atoms with Crippen LogP contribution in [-0.4, -0.2) is 11.0 Å². The van der Waals surface area contributed by atoms with Crippen LogP contribution in [0, 0.1) is 0 Å². The smallest absolute Gasteiger partial charge is 0.273 e. The lowest BCUT2D eigenvalue weighted by molar-refractivity contribution is -0.115. The third-order valence-electron chi connectivity index (χ3n) is 2.76. The van der Waals surface area contributed by atoms with E-state index in [0.717, 1.165) is 19.8 Å². The molecule has 0 saturated carbocycles. The van der Waals surface area contributed by atoms with Crippen molar-refractivity contribution in [2.75, 3.05) is 0 Å². The zero-order valence-electron chi connectivity index (χ0n) is 10.1. The first-order valence-corrected chi connectivity index (χ1v) is 7.83. The van der Waals surface area contributed by atoms with Gasteiger partial charge in [0, 0.05) is 14.2 Å². The Hall–Kier alpha value is -1.50. The van der Waals surface area contributed by atoms with Crippen molar-refractivity contribution < 1.29 is 4.79 Å².